The molecule has 0 unspecified atom stereocenters. The summed E-state index contributed by atoms with van der Waals surface area (Å²) in [5, 5.41) is 1.76. The predicted octanol–water partition coefficient (Wildman–Crippen LogP) is 9.31. The number of anilines is 1. The number of benzene rings is 2. The van der Waals surface area contributed by atoms with Gasteiger partial charge in [0.05, 0.1) is 0 Å². The summed E-state index contributed by atoms with van der Waals surface area (Å²) in [5.74, 6) is 6.95. The van der Waals surface area contributed by atoms with Crippen molar-refractivity contribution in [2.24, 2.45) is 35.5 Å². The van der Waals surface area contributed by atoms with Crippen molar-refractivity contribution >= 4 is 17.6 Å². The molecule has 0 aliphatic heterocycles. The Bertz CT molecular complexity index is 1010. The molecule has 8 fully saturated rings. The van der Waals surface area contributed by atoms with Crippen LogP contribution in [0.5, 0.6) is 0 Å². The van der Waals surface area contributed by atoms with Crippen LogP contribution < -0.4 is 9.77 Å². The number of para-hydroxylation sites is 1. The van der Waals surface area contributed by atoms with Gasteiger partial charge in [0.25, 0.3) is 0 Å². The topological polar surface area (TPSA) is 26.0 Å². The molecule has 8 aliphatic carbocycles. The van der Waals surface area contributed by atoms with Crippen molar-refractivity contribution in [3.8, 4) is 11.1 Å². The van der Waals surface area contributed by atoms with Crippen molar-refractivity contribution < 1.29 is 19.2 Å². The summed E-state index contributed by atoms with van der Waals surface area (Å²) in [5.41, 5.74) is 8.94. The Hall–Kier alpha value is -0.668. The number of nitrogens with two attached hydrogens (primary N) is 1. The normalized spacial score (nSPS) is 39.9. The monoisotopic (exact) mass is 632 g/mol. The Morgan fingerprint density at radius 2 is 1.08 bits per heavy atom. The van der Waals surface area contributed by atoms with Gasteiger partial charge in [0.1, 0.15) is 0 Å². The molecule has 213 valence electrons. The van der Waals surface area contributed by atoms with Crippen molar-refractivity contribution in [1.29, 1.82) is 0 Å². The molecule has 0 saturated heterocycles. The predicted molar refractivity (Wildman–Crippen MR) is 164 cm³/mol. The van der Waals surface area contributed by atoms with Crippen LogP contribution in [0.1, 0.15) is 96.8 Å². The van der Waals surface area contributed by atoms with Crippen LogP contribution in [0.4, 0.5) is 5.69 Å². The van der Waals surface area contributed by atoms with E-state index >= 15 is 0 Å². The van der Waals surface area contributed by atoms with E-state index in [1.807, 2.05) is 42.5 Å². The molecule has 0 spiro atoms. The first-order valence-corrected chi connectivity index (χ1v) is 18.6. The fourth-order valence-electron chi connectivity index (χ4n) is 11.5. The minimum atomic E-state index is 0.285. The van der Waals surface area contributed by atoms with Crippen LogP contribution in [0, 0.1) is 35.5 Å². The van der Waals surface area contributed by atoms with Crippen LogP contribution >= 0.6 is 7.92 Å². The van der Waals surface area contributed by atoms with Gasteiger partial charge in [0, 0.05) is 0 Å². The maximum atomic E-state index is 5.90. The van der Waals surface area contributed by atoms with Gasteiger partial charge in [-0.15, -0.1) is 0 Å². The van der Waals surface area contributed by atoms with Gasteiger partial charge in [-0.3, -0.25) is 0 Å². The summed E-state index contributed by atoms with van der Waals surface area (Å²) < 4.78 is 1.11. The molecule has 0 amide bonds. The Kier molecular flexibility index (Phi) is 7.58. The number of rotatable bonds is 6. The van der Waals surface area contributed by atoms with E-state index in [1.165, 1.54) is 6.42 Å². The van der Waals surface area contributed by atoms with E-state index in [0.717, 1.165) is 66.7 Å². The van der Waals surface area contributed by atoms with Gasteiger partial charge in [-0.05, 0) is 135 Å². The van der Waals surface area contributed by atoms with Gasteiger partial charge in [-0.1, -0.05) is 21.3 Å². The van der Waals surface area contributed by atoms with E-state index in [9.17, 15) is 0 Å². The molecule has 0 heterocycles. The zero-order valence-electron chi connectivity index (χ0n) is 24.0. The summed E-state index contributed by atoms with van der Waals surface area (Å²) >= 11 is 3.23. The third kappa shape index (κ3) is 5.13. The Morgan fingerprint density at radius 1 is 0.667 bits per heavy atom. The van der Waals surface area contributed by atoms with Crippen molar-refractivity contribution in [3.63, 3.8) is 0 Å². The molecule has 0 aromatic heterocycles. The molecule has 0 radical (unpaired) electrons. The summed E-state index contributed by atoms with van der Waals surface area (Å²) in [6.07, 6.45) is 24.6. The van der Waals surface area contributed by atoms with Crippen LogP contribution in [-0.4, -0.2) is 16.5 Å². The van der Waals surface area contributed by atoms with Crippen molar-refractivity contribution in [2.45, 2.75) is 107 Å². The molecule has 2 aromatic carbocycles. The van der Waals surface area contributed by atoms with Gasteiger partial charge >= 0.3 is 94.3 Å². The third-order valence-electron chi connectivity index (χ3n) is 12.0. The Labute approximate surface area is 250 Å². The van der Waals surface area contributed by atoms with Gasteiger partial charge in [-0.2, -0.15) is 0 Å². The van der Waals surface area contributed by atoms with Crippen molar-refractivity contribution in [2.75, 3.05) is 11.9 Å². The molecule has 1 nitrogen and oxygen atoms in total. The molecule has 10 rings (SSSR count). The average molecular weight is 633 g/mol. The van der Waals surface area contributed by atoms with Crippen LogP contribution in [-0.2, 0) is 19.2 Å². The van der Waals surface area contributed by atoms with Crippen LogP contribution in [0.2, 0.25) is 0 Å². The molecule has 2 aromatic rings. The zero-order chi connectivity index (χ0) is 26.6. The minimum absolute atomic E-state index is 0.285. The zero-order valence-corrected chi connectivity index (χ0v) is 26.5. The van der Waals surface area contributed by atoms with Gasteiger partial charge in [0.15, 0.2) is 0 Å². The third-order valence-corrected chi connectivity index (χ3v) is 16.8. The van der Waals surface area contributed by atoms with Crippen LogP contribution in [0.25, 0.3) is 11.1 Å². The quantitative estimate of drug-likeness (QED) is 0.192. The number of hydrogen-bond acceptors (Lipinski definition) is 1. The van der Waals surface area contributed by atoms with Crippen LogP contribution in [0.15, 0.2) is 48.5 Å². The molecule has 3 heteroatoms. The summed E-state index contributed by atoms with van der Waals surface area (Å²) in [6, 6.07) is 16.0. The standard InChI is InChI=1S/C24H39P.C12H10N.Pd/c1-2-3-4-25(23-11-17-5-18(12-23)7-19(6-17)13-23)24-14-20-8-21(15-24)10-22(9-20)16-24;13-12-9-5-4-8-11(12)10-6-2-1-3-7-10;/h17-22H,2-16H2,1H3;1-6,8-9H,13H2;. The fourth-order valence-corrected chi connectivity index (χ4v) is 17.4. The summed E-state index contributed by atoms with van der Waals surface area (Å²) in [7, 11) is 0.285. The van der Waals surface area contributed by atoms with Gasteiger partial charge in [0.2, 0.25) is 0 Å². The van der Waals surface area contributed by atoms with E-state index in [2.05, 4.69) is 32.2 Å². The molecule has 8 bridgehead atoms. The summed E-state index contributed by atoms with van der Waals surface area (Å²) in [6.45, 7) is 2.45. The van der Waals surface area contributed by atoms with E-state index in [4.69, 9.17) is 5.73 Å². The van der Waals surface area contributed by atoms with E-state index < -0.39 is 0 Å². The average Bonchev–Trinajstić information content (AvgIpc) is 2.88. The second-order valence-corrected chi connectivity index (χ2v) is 18.9. The molecule has 2 N–H and O–H groups in total. The molecular formula is C36H49NPPd. The molecule has 8 saturated carbocycles. The van der Waals surface area contributed by atoms with Crippen LogP contribution in [0.3, 0.4) is 0 Å². The Morgan fingerprint density at radius 3 is 1.49 bits per heavy atom. The maximum absolute atomic E-state index is 5.90. The molecule has 8 aliphatic rings. The second kappa shape index (κ2) is 10.9. The van der Waals surface area contributed by atoms with E-state index in [-0.39, 0.29) is 7.92 Å². The number of nitrogen functional groups attached to an aromatic ring is 1. The number of unbranched alkanes of at least 4 members (excludes halogenated alkanes) is 1. The van der Waals surface area contributed by atoms with E-state index in [1.54, 1.807) is 89.6 Å². The SMILES string of the molecule is CCCCP(C12CC3CC(CC(C3)C1)C2)C12CC3CC(CC(C3)C1)C2.Nc1ccccc1-c1cccc[c]1[Pd]. The van der Waals surface area contributed by atoms with Gasteiger partial charge < -0.3 is 0 Å². The second-order valence-electron chi connectivity index (χ2n) is 14.8. The number of hydrogen-bond donors (Lipinski definition) is 1. The van der Waals surface area contributed by atoms with Crippen molar-refractivity contribution in [1.82, 2.24) is 0 Å². The first kappa shape index (κ1) is 27.2. The van der Waals surface area contributed by atoms with E-state index in [0.29, 0.717) is 0 Å². The molecule has 0 atom stereocenters. The first-order chi connectivity index (χ1) is 19.0. The fraction of sp³-hybridized carbons (Fsp3) is 0.667. The molecule has 39 heavy (non-hydrogen) atoms. The summed E-state index contributed by atoms with van der Waals surface area (Å²) in [4.78, 5) is 0. The van der Waals surface area contributed by atoms with Gasteiger partial charge in [-0.25, -0.2) is 0 Å². The first-order valence-electron chi connectivity index (χ1n) is 16.3. The van der Waals surface area contributed by atoms with Crippen molar-refractivity contribution in [3.05, 3.63) is 48.5 Å². The Balaban J connectivity index is 0.000000154. The molecular weight excluding hydrogens is 584 g/mol.